The van der Waals surface area contributed by atoms with Gasteiger partial charge in [0.25, 0.3) is 0 Å². The van der Waals surface area contributed by atoms with Gasteiger partial charge in [0.05, 0.1) is 11.6 Å². The number of rotatable bonds is 0. The van der Waals surface area contributed by atoms with Crippen LogP contribution in [0.2, 0.25) is 0 Å². The first-order valence-electron chi connectivity index (χ1n) is 4.73. The molecule has 78 valence electrons. The van der Waals surface area contributed by atoms with Crippen LogP contribution < -0.4 is 5.32 Å². The molecule has 6 heteroatoms. The molecule has 0 saturated heterocycles. The van der Waals surface area contributed by atoms with E-state index < -0.39 is 5.41 Å². The molecular weight excluding hydrogens is 206 g/mol. The molecule has 2 N–H and O–H groups in total. The first kappa shape index (κ1) is 8.85. The van der Waals surface area contributed by atoms with Crippen LogP contribution in [0, 0.1) is 11.3 Å². The second kappa shape index (κ2) is 2.58. The zero-order valence-electron chi connectivity index (χ0n) is 8.40. The smallest absolute Gasteiger partial charge is 0.249 e. The van der Waals surface area contributed by atoms with E-state index in [9.17, 15) is 4.79 Å². The van der Waals surface area contributed by atoms with Crippen LogP contribution in [0.1, 0.15) is 12.5 Å². The minimum absolute atomic E-state index is 0.300. The molecule has 3 rings (SSSR count). The van der Waals surface area contributed by atoms with E-state index in [2.05, 4.69) is 20.7 Å². The summed E-state index contributed by atoms with van der Waals surface area (Å²) in [6.45, 7) is 1.60. The number of H-pyrrole nitrogens is 1. The molecule has 0 aliphatic carbocycles. The van der Waals surface area contributed by atoms with Crippen LogP contribution >= 0.6 is 0 Å². The summed E-state index contributed by atoms with van der Waals surface area (Å²) in [5.41, 5.74) is 1.56. The van der Waals surface area contributed by atoms with Crippen molar-refractivity contribution in [3.63, 3.8) is 0 Å². The number of nitriles is 1. The lowest BCUT2D eigenvalue weighted by molar-refractivity contribution is -0.118. The largest absolute Gasteiger partial charge is 0.324 e. The summed E-state index contributed by atoms with van der Waals surface area (Å²) in [5.74, 6) is -0.300. The molecule has 1 aliphatic rings. The van der Waals surface area contributed by atoms with Gasteiger partial charge in [-0.2, -0.15) is 5.26 Å². The molecule has 1 aromatic heterocycles. The number of anilines is 1. The van der Waals surface area contributed by atoms with Crippen LogP contribution in [0.15, 0.2) is 12.1 Å². The Morgan fingerprint density at radius 3 is 3.06 bits per heavy atom. The molecule has 0 radical (unpaired) electrons. The summed E-state index contributed by atoms with van der Waals surface area (Å²) in [4.78, 5) is 11.7. The normalized spacial score (nSPS) is 22.9. The highest BCUT2D eigenvalue weighted by molar-refractivity contribution is 6.09. The summed E-state index contributed by atoms with van der Waals surface area (Å²) in [7, 11) is 0. The molecule has 0 saturated carbocycles. The Kier molecular flexibility index (Phi) is 1.43. The van der Waals surface area contributed by atoms with Gasteiger partial charge in [-0.1, -0.05) is 5.21 Å². The van der Waals surface area contributed by atoms with Gasteiger partial charge in [0.1, 0.15) is 5.52 Å². The minimum Gasteiger partial charge on any atom is -0.324 e. The monoisotopic (exact) mass is 213 g/mol. The average molecular weight is 213 g/mol. The van der Waals surface area contributed by atoms with Crippen LogP contribution in [0.25, 0.3) is 11.0 Å². The van der Waals surface area contributed by atoms with Crippen molar-refractivity contribution in [2.24, 2.45) is 0 Å². The summed E-state index contributed by atoms with van der Waals surface area (Å²) in [6, 6.07) is 5.50. The summed E-state index contributed by atoms with van der Waals surface area (Å²) < 4.78 is 0. The molecule has 0 bridgehead atoms. The molecule has 1 amide bonds. The second-order valence-corrected chi connectivity index (χ2v) is 3.92. The maximum absolute atomic E-state index is 11.7. The molecule has 2 heterocycles. The first-order valence-corrected chi connectivity index (χ1v) is 4.73. The Hall–Kier alpha value is -2.42. The van der Waals surface area contributed by atoms with Crippen molar-refractivity contribution in [1.29, 1.82) is 5.26 Å². The predicted octanol–water partition coefficient (Wildman–Crippen LogP) is 0.691. The van der Waals surface area contributed by atoms with Gasteiger partial charge >= 0.3 is 0 Å². The highest BCUT2D eigenvalue weighted by atomic mass is 16.2. The molecule has 16 heavy (non-hydrogen) atoms. The van der Waals surface area contributed by atoms with Crippen LogP contribution in [-0.2, 0) is 10.2 Å². The number of nitrogens with one attached hydrogen (secondary N) is 2. The third kappa shape index (κ3) is 0.871. The summed E-state index contributed by atoms with van der Waals surface area (Å²) in [5, 5.41) is 22.0. The Bertz CT molecular complexity index is 653. The maximum Gasteiger partial charge on any atom is 0.249 e. The molecule has 1 aromatic carbocycles. The van der Waals surface area contributed by atoms with Gasteiger partial charge < -0.3 is 5.32 Å². The Morgan fingerprint density at radius 1 is 1.50 bits per heavy atom. The third-order valence-corrected chi connectivity index (χ3v) is 2.93. The Labute approximate surface area is 90.3 Å². The number of aromatic amines is 1. The first-order chi connectivity index (χ1) is 7.65. The van der Waals surface area contributed by atoms with Crippen molar-refractivity contribution in [2.45, 2.75) is 12.3 Å². The lowest BCUT2D eigenvalue weighted by atomic mass is 9.85. The fraction of sp³-hybridized carbons (Fsp3) is 0.200. The van der Waals surface area contributed by atoms with E-state index in [4.69, 9.17) is 5.26 Å². The van der Waals surface area contributed by atoms with E-state index in [0.29, 0.717) is 16.8 Å². The highest BCUT2D eigenvalue weighted by Gasteiger charge is 2.43. The Balaban J connectivity index is 2.36. The molecule has 0 fully saturated rings. The quantitative estimate of drug-likeness (QED) is 0.673. The SMILES string of the molecule is CC1(C#N)C(=O)Nc2cc3nn[nH]c3cc21. The number of hydrogen-bond acceptors (Lipinski definition) is 4. The van der Waals surface area contributed by atoms with Gasteiger partial charge in [-0.05, 0) is 19.1 Å². The van der Waals surface area contributed by atoms with Gasteiger partial charge in [0.15, 0.2) is 5.41 Å². The van der Waals surface area contributed by atoms with Crippen molar-refractivity contribution in [3.05, 3.63) is 17.7 Å². The predicted molar refractivity (Wildman–Crippen MR) is 55.5 cm³/mol. The summed E-state index contributed by atoms with van der Waals surface area (Å²) in [6.07, 6.45) is 0. The van der Waals surface area contributed by atoms with E-state index in [1.807, 2.05) is 6.07 Å². The minimum atomic E-state index is -1.13. The van der Waals surface area contributed by atoms with E-state index in [-0.39, 0.29) is 5.91 Å². The highest BCUT2D eigenvalue weighted by Crippen LogP contribution is 2.38. The molecule has 0 spiro atoms. The molecule has 1 aliphatic heterocycles. The van der Waals surface area contributed by atoms with E-state index >= 15 is 0 Å². The lowest BCUT2D eigenvalue weighted by Crippen LogP contribution is -2.28. The number of carbonyl (C=O) groups excluding carboxylic acids is 1. The molecule has 6 nitrogen and oxygen atoms in total. The molecular formula is C10H7N5O. The van der Waals surface area contributed by atoms with Crippen molar-refractivity contribution >= 4 is 22.6 Å². The average Bonchev–Trinajstić information content (AvgIpc) is 2.81. The fourth-order valence-corrected chi connectivity index (χ4v) is 1.89. The number of benzene rings is 1. The van der Waals surface area contributed by atoms with Gasteiger partial charge in [0.2, 0.25) is 5.91 Å². The maximum atomic E-state index is 11.7. The van der Waals surface area contributed by atoms with Crippen LogP contribution in [0.3, 0.4) is 0 Å². The molecule has 1 atom stereocenters. The third-order valence-electron chi connectivity index (χ3n) is 2.93. The number of carbonyl (C=O) groups is 1. The second-order valence-electron chi connectivity index (χ2n) is 3.92. The topological polar surface area (TPSA) is 94.5 Å². The number of amides is 1. The molecule has 2 aromatic rings. The van der Waals surface area contributed by atoms with Crippen molar-refractivity contribution < 1.29 is 4.79 Å². The zero-order chi connectivity index (χ0) is 11.3. The lowest BCUT2D eigenvalue weighted by Gasteiger charge is -2.10. The van der Waals surface area contributed by atoms with E-state index in [0.717, 1.165) is 5.52 Å². The van der Waals surface area contributed by atoms with Gasteiger partial charge in [0, 0.05) is 11.3 Å². The van der Waals surface area contributed by atoms with Crippen molar-refractivity contribution in [2.75, 3.05) is 5.32 Å². The van der Waals surface area contributed by atoms with Crippen LogP contribution in [0.5, 0.6) is 0 Å². The van der Waals surface area contributed by atoms with Gasteiger partial charge in [-0.25, -0.2) is 0 Å². The number of nitrogens with zero attached hydrogens (tertiary/aromatic N) is 3. The summed E-state index contributed by atoms with van der Waals surface area (Å²) >= 11 is 0. The van der Waals surface area contributed by atoms with E-state index in [1.54, 1.807) is 19.1 Å². The van der Waals surface area contributed by atoms with Gasteiger partial charge in [-0.3, -0.25) is 9.89 Å². The van der Waals surface area contributed by atoms with E-state index in [1.165, 1.54) is 0 Å². The number of hydrogen-bond donors (Lipinski definition) is 2. The fourth-order valence-electron chi connectivity index (χ4n) is 1.89. The van der Waals surface area contributed by atoms with Crippen LogP contribution in [-0.4, -0.2) is 21.3 Å². The van der Waals surface area contributed by atoms with Gasteiger partial charge in [-0.15, -0.1) is 5.10 Å². The standard InChI is InChI=1S/C10H7N5O/c1-10(4-11)5-2-7-8(14-15-13-7)3-6(5)12-9(10)16/h2-3H,1H3,(H,12,16)(H,13,14,15). The molecule has 1 unspecified atom stereocenters. The van der Waals surface area contributed by atoms with Crippen molar-refractivity contribution in [3.8, 4) is 6.07 Å². The Morgan fingerprint density at radius 2 is 2.31 bits per heavy atom. The van der Waals surface area contributed by atoms with Crippen LogP contribution in [0.4, 0.5) is 5.69 Å². The zero-order valence-corrected chi connectivity index (χ0v) is 8.40. The number of aromatic nitrogens is 3. The number of fused-ring (bicyclic) bond motifs is 2. The van der Waals surface area contributed by atoms with Crippen molar-refractivity contribution in [1.82, 2.24) is 15.4 Å².